The molecule has 0 unspecified atom stereocenters. The maximum absolute atomic E-state index is 5.77. The lowest BCUT2D eigenvalue weighted by Gasteiger charge is -2.03. The topological polar surface area (TPSA) is 17.8 Å². The first kappa shape index (κ1) is 13.5. The van der Waals surface area contributed by atoms with Crippen molar-refractivity contribution in [2.45, 2.75) is 29.9 Å². The Morgan fingerprint density at radius 3 is 2.56 bits per heavy atom. The SMILES string of the molecule is CCc1cc(CSc2ccc(CCl)cc2)n(C)n1. The van der Waals surface area contributed by atoms with Crippen LogP contribution in [0.5, 0.6) is 0 Å². The number of thioether (sulfide) groups is 1. The number of benzene rings is 1. The van der Waals surface area contributed by atoms with Crippen LogP contribution in [0.3, 0.4) is 0 Å². The van der Waals surface area contributed by atoms with Crippen molar-refractivity contribution in [1.29, 1.82) is 0 Å². The van der Waals surface area contributed by atoms with Crippen molar-refractivity contribution in [3.05, 3.63) is 47.3 Å². The minimum absolute atomic E-state index is 0.576. The van der Waals surface area contributed by atoms with Crippen LogP contribution in [0.2, 0.25) is 0 Å². The van der Waals surface area contributed by atoms with Crippen LogP contribution < -0.4 is 0 Å². The van der Waals surface area contributed by atoms with Gasteiger partial charge in [-0.2, -0.15) is 5.10 Å². The van der Waals surface area contributed by atoms with Gasteiger partial charge in [0.1, 0.15) is 0 Å². The number of hydrogen-bond donors (Lipinski definition) is 0. The van der Waals surface area contributed by atoms with Gasteiger partial charge in [-0.3, -0.25) is 4.68 Å². The van der Waals surface area contributed by atoms with E-state index in [1.165, 1.54) is 10.6 Å². The first-order chi connectivity index (χ1) is 8.72. The summed E-state index contributed by atoms with van der Waals surface area (Å²) in [6.45, 7) is 2.13. The second-order valence-electron chi connectivity index (χ2n) is 4.17. The Kier molecular flexibility index (Phi) is 4.72. The van der Waals surface area contributed by atoms with E-state index in [0.717, 1.165) is 23.4 Å². The fraction of sp³-hybridized carbons (Fsp3) is 0.357. The molecule has 0 saturated heterocycles. The minimum Gasteiger partial charge on any atom is -0.272 e. The molecule has 0 aliphatic rings. The Morgan fingerprint density at radius 2 is 2.00 bits per heavy atom. The number of nitrogens with zero attached hydrogens (tertiary/aromatic N) is 2. The maximum atomic E-state index is 5.77. The Morgan fingerprint density at radius 1 is 1.28 bits per heavy atom. The zero-order valence-electron chi connectivity index (χ0n) is 10.7. The highest BCUT2D eigenvalue weighted by Crippen LogP contribution is 2.23. The van der Waals surface area contributed by atoms with E-state index in [1.54, 1.807) is 0 Å². The molecule has 0 saturated carbocycles. The maximum Gasteiger partial charge on any atom is 0.0625 e. The van der Waals surface area contributed by atoms with E-state index in [4.69, 9.17) is 11.6 Å². The van der Waals surface area contributed by atoms with Gasteiger partial charge in [-0.25, -0.2) is 0 Å². The predicted molar refractivity (Wildman–Crippen MR) is 78.1 cm³/mol. The van der Waals surface area contributed by atoms with Gasteiger partial charge in [-0.05, 0) is 30.2 Å². The minimum atomic E-state index is 0.576. The highest BCUT2D eigenvalue weighted by Gasteiger charge is 2.04. The van der Waals surface area contributed by atoms with E-state index in [1.807, 2.05) is 23.5 Å². The molecule has 0 fully saturated rings. The number of rotatable bonds is 5. The molecule has 0 radical (unpaired) electrons. The van der Waals surface area contributed by atoms with Crippen LogP contribution in [0, 0.1) is 0 Å². The van der Waals surface area contributed by atoms with Crippen LogP contribution in [0.4, 0.5) is 0 Å². The Hall–Kier alpha value is -0.930. The predicted octanol–water partition coefficient (Wildman–Crippen LogP) is 4.01. The summed E-state index contributed by atoms with van der Waals surface area (Å²) in [4.78, 5) is 1.27. The van der Waals surface area contributed by atoms with Crippen molar-refractivity contribution in [3.8, 4) is 0 Å². The number of alkyl halides is 1. The normalized spacial score (nSPS) is 10.8. The molecule has 18 heavy (non-hydrogen) atoms. The van der Waals surface area contributed by atoms with Crippen LogP contribution in [0.15, 0.2) is 35.2 Å². The third-order valence-corrected chi connectivity index (χ3v) is 4.21. The molecule has 4 heteroatoms. The van der Waals surface area contributed by atoms with Gasteiger partial charge < -0.3 is 0 Å². The average molecular weight is 281 g/mol. The number of aromatic nitrogens is 2. The monoisotopic (exact) mass is 280 g/mol. The van der Waals surface area contributed by atoms with Gasteiger partial charge in [0, 0.05) is 29.3 Å². The fourth-order valence-corrected chi connectivity index (χ4v) is 2.80. The van der Waals surface area contributed by atoms with Crippen molar-refractivity contribution >= 4 is 23.4 Å². The lowest BCUT2D eigenvalue weighted by molar-refractivity contribution is 0.720. The van der Waals surface area contributed by atoms with Gasteiger partial charge in [0.2, 0.25) is 0 Å². The van der Waals surface area contributed by atoms with Crippen LogP contribution in [0.25, 0.3) is 0 Å². The average Bonchev–Trinajstić information content (AvgIpc) is 2.77. The molecule has 0 N–H and O–H groups in total. The molecular weight excluding hydrogens is 264 g/mol. The van der Waals surface area contributed by atoms with Gasteiger partial charge in [-0.15, -0.1) is 23.4 Å². The lowest BCUT2D eigenvalue weighted by atomic mass is 10.2. The summed E-state index contributed by atoms with van der Waals surface area (Å²) in [7, 11) is 2.01. The van der Waals surface area contributed by atoms with Gasteiger partial charge in [0.25, 0.3) is 0 Å². The molecular formula is C14H17ClN2S. The number of aryl methyl sites for hydroxylation is 2. The van der Waals surface area contributed by atoms with Gasteiger partial charge in [0.05, 0.1) is 5.69 Å². The molecule has 0 amide bonds. The highest BCUT2D eigenvalue weighted by molar-refractivity contribution is 7.98. The standard InChI is InChI=1S/C14H17ClN2S/c1-3-12-8-13(17(2)16-12)10-18-14-6-4-11(9-15)5-7-14/h4-8H,3,9-10H2,1-2H3. The van der Waals surface area contributed by atoms with Crippen LogP contribution in [-0.4, -0.2) is 9.78 Å². The largest absolute Gasteiger partial charge is 0.272 e. The van der Waals surface area contributed by atoms with Crippen LogP contribution in [-0.2, 0) is 25.1 Å². The summed E-state index contributed by atoms with van der Waals surface area (Å²) in [5.41, 5.74) is 3.58. The van der Waals surface area contributed by atoms with E-state index >= 15 is 0 Å². The molecule has 0 aliphatic heterocycles. The van der Waals surface area contributed by atoms with Crippen LogP contribution in [0.1, 0.15) is 23.9 Å². The zero-order chi connectivity index (χ0) is 13.0. The second-order valence-corrected chi connectivity index (χ2v) is 5.49. The first-order valence-corrected chi connectivity index (χ1v) is 7.54. The number of halogens is 1. The van der Waals surface area contributed by atoms with Crippen molar-refractivity contribution in [2.75, 3.05) is 0 Å². The third-order valence-electron chi connectivity index (χ3n) is 2.85. The molecule has 2 rings (SSSR count). The van der Waals surface area contributed by atoms with Crippen LogP contribution >= 0.6 is 23.4 Å². The summed E-state index contributed by atoms with van der Waals surface area (Å²) < 4.78 is 1.97. The fourth-order valence-electron chi connectivity index (χ4n) is 1.71. The van der Waals surface area contributed by atoms with E-state index in [-0.39, 0.29) is 0 Å². The Balaban J connectivity index is 1.99. The molecule has 96 valence electrons. The van der Waals surface area contributed by atoms with Crippen molar-refractivity contribution in [2.24, 2.45) is 7.05 Å². The van der Waals surface area contributed by atoms with E-state index in [2.05, 4.69) is 42.4 Å². The summed E-state index contributed by atoms with van der Waals surface area (Å²) in [5, 5.41) is 4.45. The van der Waals surface area contributed by atoms with Gasteiger partial charge in [0.15, 0.2) is 0 Å². The lowest BCUT2D eigenvalue weighted by Crippen LogP contribution is -1.96. The molecule has 0 aliphatic carbocycles. The summed E-state index contributed by atoms with van der Waals surface area (Å²) in [6, 6.07) is 10.6. The molecule has 1 aromatic carbocycles. The molecule has 2 nitrogen and oxygen atoms in total. The Labute approximate surface area is 117 Å². The molecule has 1 aromatic heterocycles. The number of hydrogen-bond acceptors (Lipinski definition) is 2. The Bertz CT molecular complexity index is 505. The van der Waals surface area contributed by atoms with Crippen molar-refractivity contribution in [1.82, 2.24) is 9.78 Å². The quantitative estimate of drug-likeness (QED) is 0.608. The summed E-state index contributed by atoms with van der Waals surface area (Å²) in [5.74, 6) is 1.52. The molecule has 1 heterocycles. The second kappa shape index (κ2) is 6.30. The molecule has 2 aromatic rings. The zero-order valence-corrected chi connectivity index (χ0v) is 12.3. The van der Waals surface area contributed by atoms with Crippen molar-refractivity contribution < 1.29 is 0 Å². The van der Waals surface area contributed by atoms with Crippen molar-refractivity contribution in [3.63, 3.8) is 0 Å². The van der Waals surface area contributed by atoms with Gasteiger partial charge in [-0.1, -0.05) is 19.1 Å². The third kappa shape index (κ3) is 3.30. The first-order valence-electron chi connectivity index (χ1n) is 6.02. The molecule has 0 atom stereocenters. The highest BCUT2D eigenvalue weighted by atomic mass is 35.5. The summed E-state index contributed by atoms with van der Waals surface area (Å²) >= 11 is 7.60. The van der Waals surface area contributed by atoms with E-state index < -0.39 is 0 Å². The molecule has 0 spiro atoms. The van der Waals surface area contributed by atoms with E-state index in [9.17, 15) is 0 Å². The molecule has 0 bridgehead atoms. The van der Waals surface area contributed by atoms with Gasteiger partial charge >= 0.3 is 0 Å². The van der Waals surface area contributed by atoms with E-state index in [0.29, 0.717) is 5.88 Å². The summed E-state index contributed by atoms with van der Waals surface area (Å²) in [6.07, 6.45) is 0.989. The smallest absolute Gasteiger partial charge is 0.0625 e.